The lowest BCUT2D eigenvalue weighted by atomic mass is 9.75. The first-order chi connectivity index (χ1) is 9.19. The van der Waals surface area contributed by atoms with Gasteiger partial charge in [-0.05, 0) is 45.8 Å². The molecule has 1 aliphatic heterocycles. The Hall–Kier alpha value is -0.410. The first kappa shape index (κ1) is 15.0. The maximum Gasteiger partial charge on any atom is 0.127 e. The van der Waals surface area contributed by atoms with E-state index in [2.05, 4.69) is 23.8 Å². The lowest BCUT2D eigenvalue weighted by Gasteiger charge is -2.37. The van der Waals surface area contributed by atoms with E-state index in [9.17, 15) is 4.79 Å². The highest BCUT2D eigenvalue weighted by atomic mass is 16.1. The highest BCUT2D eigenvalue weighted by Crippen LogP contribution is 2.35. The summed E-state index contributed by atoms with van der Waals surface area (Å²) < 4.78 is 0. The maximum absolute atomic E-state index is 11.5. The van der Waals surface area contributed by atoms with Gasteiger partial charge in [-0.3, -0.25) is 4.90 Å². The molecule has 0 spiro atoms. The minimum Gasteiger partial charge on any atom is -0.304 e. The predicted octanol–water partition coefficient (Wildman–Crippen LogP) is 2.55. The standard InChI is InChI=1S/C16H30N2O/c1-3-18-11-7-8-15(18)12-17(2)13-16(14-19)9-5-4-6-10-16/h14-15H,3-13H2,1-2H3. The number of carbonyl (C=O) groups is 1. The Kier molecular flexibility index (Phi) is 5.40. The van der Waals surface area contributed by atoms with Crippen LogP contribution in [0.15, 0.2) is 0 Å². The molecule has 0 N–H and O–H groups in total. The van der Waals surface area contributed by atoms with E-state index in [1.54, 1.807) is 0 Å². The molecule has 2 aliphatic rings. The van der Waals surface area contributed by atoms with Gasteiger partial charge in [0.05, 0.1) is 0 Å². The summed E-state index contributed by atoms with van der Waals surface area (Å²) in [6.07, 6.45) is 9.90. The van der Waals surface area contributed by atoms with Gasteiger partial charge in [0, 0.05) is 24.5 Å². The van der Waals surface area contributed by atoms with Crippen LogP contribution in [0.1, 0.15) is 51.9 Å². The maximum atomic E-state index is 11.5. The Morgan fingerprint density at radius 3 is 2.63 bits per heavy atom. The van der Waals surface area contributed by atoms with Crippen LogP contribution >= 0.6 is 0 Å². The molecule has 0 radical (unpaired) electrons. The fourth-order valence-electron chi connectivity index (χ4n) is 4.05. The average Bonchev–Trinajstić information content (AvgIpc) is 2.86. The molecule has 19 heavy (non-hydrogen) atoms. The predicted molar refractivity (Wildman–Crippen MR) is 79.3 cm³/mol. The van der Waals surface area contributed by atoms with E-state index in [4.69, 9.17) is 0 Å². The molecule has 0 aromatic rings. The van der Waals surface area contributed by atoms with Crippen molar-refractivity contribution in [1.29, 1.82) is 0 Å². The number of carbonyl (C=O) groups excluding carboxylic acids is 1. The molecular weight excluding hydrogens is 236 g/mol. The number of hydrogen-bond donors (Lipinski definition) is 0. The molecule has 2 fully saturated rings. The zero-order chi connectivity index (χ0) is 13.7. The normalized spacial score (nSPS) is 27.8. The molecule has 3 heteroatoms. The molecule has 1 saturated carbocycles. The smallest absolute Gasteiger partial charge is 0.127 e. The van der Waals surface area contributed by atoms with E-state index in [1.165, 1.54) is 44.9 Å². The van der Waals surface area contributed by atoms with Crippen molar-refractivity contribution in [3.05, 3.63) is 0 Å². The van der Waals surface area contributed by atoms with E-state index in [-0.39, 0.29) is 5.41 Å². The van der Waals surface area contributed by atoms with E-state index < -0.39 is 0 Å². The molecule has 0 amide bonds. The number of nitrogens with zero attached hydrogens (tertiary/aromatic N) is 2. The number of rotatable bonds is 6. The highest BCUT2D eigenvalue weighted by Gasteiger charge is 2.34. The lowest BCUT2D eigenvalue weighted by Crippen LogP contribution is -2.44. The van der Waals surface area contributed by atoms with Gasteiger partial charge in [0.2, 0.25) is 0 Å². The molecule has 1 saturated heterocycles. The van der Waals surface area contributed by atoms with Gasteiger partial charge in [0.1, 0.15) is 6.29 Å². The molecular formula is C16H30N2O. The minimum atomic E-state index is -0.0390. The summed E-state index contributed by atoms with van der Waals surface area (Å²) in [6.45, 7) is 6.77. The van der Waals surface area contributed by atoms with Crippen LogP contribution in [0.25, 0.3) is 0 Å². The summed E-state index contributed by atoms with van der Waals surface area (Å²) in [5.74, 6) is 0. The molecule has 2 rings (SSSR count). The van der Waals surface area contributed by atoms with Gasteiger partial charge < -0.3 is 9.69 Å². The lowest BCUT2D eigenvalue weighted by molar-refractivity contribution is -0.119. The Bertz CT molecular complexity index is 286. The van der Waals surface area contributed by atoms with Gasteiger partial charge in [0.15, 0.2) is 0 Å². The van der Waals surface area contributed by atoms with Crippen molar-refractivity contribution in [2.75, 3.05) is 33.2 Å². The molecule has 0 bridgehead atoms. The van der Waals surface area contributed by atoms with Crippen molar-refractivity contribution in [2.24, 2.45) is 5.41 Å². The van der Waals surface area contributed by atoms with Gasteiger partial charge in [-0.15, -0.1) is 0 Å². The summed E-state index contributed by atoms with van der Waals surface area (Å²) in [5.41, 5.74) is -0.0390. The van der Waals surface area contributed by atoms with Gasteiger partial charge in [-0.1, -0.05) is 26.2 Å². The van der Waals surface area contributed by atoms with E-state index in [1.807, 2.05) is 0 Å². The SMILES string of the molecule is CCN1CCCC1CN(C)CC1(C=O)CCCCC1. The van der Waals surface area contributed by atoms with E-state index >= 15 is 0 Å². The largest absolute Gasteiger partial charge is 0.304 e. The van der Waals surface area contributed by atoms with Gasteiger partial charge in [-0.25, -0.2) is 0 Å². The minimum absolute atomic E-state index is 0.0390. The fraction of sp³-hybridized carbons (Fsp3) is 0.938. The Morgan fingerprint density at radius 1 is 1.26 bits per heavy atom. The molecule has 110 valence electrons. The van der Waals surface area contributed by atoms with Crippen LogP contribution in [0, 0.1) is 5.41 Å². The monoisotopic (exact) mass is 266 g/mol. The van der Waals surface area contributed by atoms with Crippen molar-refractivity contribution in [3.63, 3.8) is 0 Å². The summed E-state index contributed by atoms with van der Waals surface area (Å²) >= 11 is 0. The first-order valence-electron chi connectivity index (χ1n) is 8.08. The van der Waals surface area contributed by atoms with Gasteiger partial charge in [0.25, 0.3) is 0 Å². The fourth-order valence-corrected chi connectivity index (χ4v) is 4.05. The van der Waals surface area contributed by atoms with Crippen molar-refractivity contribution < 1.29 is 4.79 Å². The molecule has 1 unspecified atom stereocenters. The highest BCUT2D eigenvalue weighted by molar-refractivity contribution is 5.60. The Morgan fingerprint density at radius 2 is 2.00 bits per heavy atom. The zero-order valence-corrected chi connectivity index (χ0v) is 12.7. The van der Waals surface area contributed by atoms with Crippen LogP contribution in [-0.4, -0.2) is 55.4 Å². The summed E-state index contributed by atoms with van der Waals surface area (Å²) in [4.78, 5) is 16.5. The number of aldehydes is 1. The summed E-state index contributed by atoms with van der Waals surface area (Å²) in [5, 5.41) is 0. The second-order valence-electron chi connectivity index (χ2n) is 6.66. The van der Waals surface area contributed by atoms with E-state index in [0.717, 1.165) is 32.5 Å². The van der Waals surface area contributed by atoms with Crippen molar-refractivity contribution in [3.8, 4) is 0 Å². The Labute approximate surface area is 118 Å². The molecule has 3 nitrogen and oxygen atoms in total. The third-order valence-corrected chi connectivity index (χ3v) is 5.11. The topological polar surface area (TPSA) is 23.6 Å². The molecule has 1 heterocycles. The van der Waals surface area contributed by atoms with Crippen molar-refractivity contribution in [2.45, 2.75) is 57.9 Å². The Balaban J connectivity index is 1.85. The third kappa shape index (κ3) is 3.79. The average molecular weight is 266 g/mol. The van der Waals surface area contributed by atoms with Crippen LogP contribution in [0.4, 0.5) is 0 Å². The zero-order valence-electron chi connectivity index (χ0n) is 12.7. The van der Waals surface area contributed by atoms with Crippen molar-refractivity contribution >= 4 is 6.29 Å². The van der Waals surface area contributed by atoms with Crippen LogP contribution in [0.5, 0.6) is 0 Å². The summed E-state index contributed by atoms with van der Waals surface area (Å²) in [6, 6.07) is 0.710. The summed E-state index contributed by atoms with van der Waals surface area (Å²) in [7, 11) is 2.20. The number of likely N-dealkylation sites (N-methyl/N-ethyl adjacent to an activating group) is 2. The van der Waals surface area contributed by atoms with Crippen LogP contribution in [-0.2, 0) is 4.79 Å². The van der Waals surface area contributed by atoms with Crippen molar-refractivity contribution in [1.82, 2.24) is 9.80 Å². The molecule has 0 aromatic heterocycles. The second-order valence-corrected chi connectivity index (χ2v) is 6.66. The molecule has 0 aromatic carbocycles. The van der Waals surface area contributed by atoms with Crippen LogP contribution in [0.3, 0.4) is 0 Å². The molecule has 1 aliphatic carbocycles. The van der Waals surface area contributed by atoms with Crippen LogP contribution < -0.4 is 0 Å². The number of hydrogen-bond acceptors (Lipinski definition) is 3. The van der Waals surface area contributed by atoms with E-state index in [0.29, 0.717) is 6.04 Å². The van der Waals surface area contributed by atoms with Gasteiger partial charge in [-0.2, -0.15) is 0 Å². The quantitative estimate of drug-likeness (QED) is 0.690. The van der Waals surface area contributed by atoms with Gasteiger partial charge >= 0.3 is 0 Å². The van der Waals surface area contributed by atoms with Crippen LogP contribution in [0.2, 0.25) is 0 Å². The third-order valence-electron chi connectivity index (χ3n) is 5.11. The first-order valence-corrected chi connectivity index (χ1v) is 8.08. The second kappa shape index (κ2) is 6.85. The number of likely N-dealkylation sites (tertiary alicyclic amines) is 1. The molecule has 1 atom stereocenters.